The summed E-state index contributed by atoms with van der Waals surface area (Å²) < 4.78 is 10.3. The summed E-state index contributed by atoms with van der Waals surface area (Å²) in [6.07, 6.45) is 0. The molecule has 0 aliphatic heterocycles. The van der Waals surface area contributed by atoms with Crippen molar-refractivity contribution in [1.29, 1.82) is 3.80 Å². The van der Waals surface area contributed by atoms with E-state index in [0.717, 1.165) is 11.1 Å². The third-order valence-corrected chi connectivity index (χ3v) is 6.24. The van der Waals surface area contributed by atoms with Crippen LogP contribution in [0, 0.1) is 3.80 Å². The van der Waals surface area contributed by atoms with Crippen LogP contribution in [-0.4, -0.2) is 0 Å². The van der Waals surface area contributed by atoms with Gasteiger partial charge in [-0.3, -0.25) is 0 Å². The number of benzene rings is 2. The van der Waals surface area contributed by atoms with E-state index >= 15 is 0 Å². The standard InChI is InChI=1S/2C7H7.ClH.N.Pd/c2*1-7-5-3-2-4-6-7;;;/h2*2-6H,1H2;1H;;/q;;;;+1/p-1. The molecular formula is C14H14ClNPd. The Morgan fingerprint density at radius 1 is 0.765 bits per heavy atom. The molecule has 0 N–H and O–H groups in total. The van der Waals surface area contributed by atoms with Crippen molar-refractivity contribution in [2.24, 2.45) is 0 Å². The second kappa shape index (κ2) is 5.63. The first-order chi connectivity index (χ1) is 8.16. The first-order valence-electron chi connectivity index (χ1n) is 5.24. The van der Waals surface area contributed by atoms with Gasteiger partial charge in [-0.15, -0.1) is 0 Å². The predicted molar refractivity (Wildman–Crippen MR) is 67.9 cm³/mol. The van der Waals surface area contributed by atoms with Gasteiger partial charge in [0, 0.05) is 0 Å². The van der Waals surface area contributed by atoms with Gasteiger partial charge in [0.05, 0.1) is 0 Å². The molecule has 0 spiro atoms. The van der Waals surface area contributed by atoms with Crippen LogP contribution in [-0.2, 0) is 23.9 Å². The van der Waals surface area contributed by atoms with Crippen LogP contribution >= 0.6 is 9.53 Å². The van der Waals surface area contributed by atoms with Gasteiger partial charge in [0.1, 0.15) is 0 Å². The molecule has 0 radical (unpaired) electrons. The fourth-order valence-electron chi connectivity index (χ4n) is 1.54. The summed E-state index contributed by atoms with van der Waals surface area (Å²) in [7, 11) is 6.31. The molecule has 0 fully saturated rings. The zero-order valence-electron chi connectivity index (χ0n) is 9.33. The Hall–Kier alpha value is -0.898. The minimum atomic E-state index is -2.83. The molecule has 2 aromatic carbocycles. The van der Waals surface area contributed by atoms with Gasteiger partial charge in [-0.1, -0.05) is 0 Å². The van der Waals surface area contributed by atoms with Crippen molar-refractivity contribution < 1.29 is 14.2 Å². The molecule has 0 aromatic heterocycles. The van der Waals surface area contributed by atoms with Crippen molar-refractivity contribution in [3.05, 3.63) is 71.8 Å². The molecule has 0 bridgehead atoms. The Kier molecular flexibility index (Phi) is 4.16. The first-order valence-corrected chi connectivity index (χ1v) is 10.1. The van der Waals surface area contributed by atoms with E-state index in [-0.39, 0.29) is 0 Å². The number of hydrogen-bond acceptors (Lipinski definition) is 1. The van der Waals surface area contributed by atoms with Gasteiger partial charge < -0.3 is 0 Å². The average molecular weight is 338 g/mol. The van der Waals surface area contributed by atoms with E-state index in [2.05, 4.69) is 0 Å². The monoisotopic (exact) mass is 337 g/mol. The van der Waals surface area contributed by atoms with Crippen molar-refractivity contribution >= 4 is 9.53 Å². The van der Waals surface area contributed by atoms with E-state index in [1.54, 1.807) is 0 Å². The van der Waals surface area contributed by atoms with Gasteiger partial charge in [0.2, 0.25) is 0 Å². The van der Waals surface area contributed by atoms with Crippen LogP contribution in [0.15, 0.2) is 60.7 Å². The minimum absolute atomic E-state index is 0.599. The zero-order chi connectivity index (χ0) is 12.1. The molecule has 0 saturated heterocycles. The number of nitrogens with zero attached hydrogens (tertiary/aromatic N) is 1. The summed E-state index contributed by atoms with van der Waals surface area (Å²) in [6, 6.07) is 19.9. The van der Waals surface area contributed by atoms with Crippen LogP contribution in [0.2, 0.25) is 0 Å². The summed E-state index contributed by atoms with van der Waals surface area (Å²) in [6.45, 7) is 0. The summed E-state index contributed by atoms with van der Waals surface area (Å²) in [5.74, 6) is 0. The number of rotatable bonds is 2. The van der Waals surface area contributed by atoms with E-state index in [1.807, 2.05) is 60.7 Å². The van der Waals surface area contributed by atoms with Crippen LogP contribution in [0.5, 0.6) is 0 Å². The molecule has 3 heteroatoms. The molecule has 17 heavy (non-hydrogen) atoms. The van der Waals surface area contributed by atoms with Crippen LogP contribution in [0.25, 0.3) is 0 Å². The van der Waals surface area contributed by atoms with E-state index in [4.69, 9.17) is 9.53 Å². The molecule has 0 amide bonds. The third kappa shape index (κ3) is 4.11. The average Bonchev–Trinajstić information content (AvgIpc) is 2.30. The van der Waals surface area contributed by atoms with Crippen LogP contribution in [0.1, 0.15) is 11.1 Å². The molecule has 0 aliphatic carbocycles. The van der Waals surface area contributed by atoms with Gasteiger partial charge in [0.25, 0.3) is 0 Å². The maximum absolute atomic E-state index is 10.3. The maximum atomic E-state index is 10.3. The Labute approximate surface area is 109 Å². The molecule has 2 aromatic rings. The second-order valence-corrected chi connectivity index (χ2v) is 10.4. The molecule has 0 aliphatic rings. The van der Waals surface area contributed by atoms with E-state index < -0.39 is 14.2 Å². The van der Waals surface area contributed by atoms with Crippen LogP contribution in [0.3, 0.4) is 0 Å². The fraction of sp³-hybridized carbons (Fsp3) is 0.143. The van der Waals surface area contributed by atoms with Crippen LogP contribution in [0.4, 0.5) is 0 Å². The molecule has 0 saturated carbocycles. The second-order valence-electron chi connectivity index (χ2n) is 3.78. The van der Waals surface area contributed by atoms with Crippen molar-refractivity contribution in [3.63, 3.8) is 0 Å². The van der Waals surface area contributed by atoms with Crippen molar-refractivity contribution in [1.82, 2.24) is 0 Å². The SMILES string of the molecule is [N]#[Pd]([Cl])([CH2]c1ccccc1)[CH2]c1ccccc1. The predicted octanol–water partition coefficient (Wildman–Crippen LogP) is 4.17. The Morgan fingerprint density at radius 2 is 1.12 bits per heavy atom. The molecular weight excluding hydrogens is 324 g/mol. The van der Waals surface area contributed by atoms with E-state index in [0.29, 0.717) is 9.79 Å². The Bertz CT molecular complexity index is 521. The summed E-state index contributed by atoms with van der Waals surface area (Å²) in [5, 5.41) is 0. The summed E-state index contributed by atoms with van der Waals surface area (Å²) in [4.78, 5) is 1.20. The van der Waals surface area contributed by atoms with Gasteiger partial charge in [-0.2, -0.15) is 0 Å². The quantitative estimate of drug-likeness (QED) is 0.754. The van der Waals surface area contributed by atoms with Crippen molar-refractivity contribution in [2.45, 2.75) is 9.79 Å². The summed E-state index contributed by atoms with van der Waals surface area (Å²) >= 11 is -2.83. The van der Waals surface area contributed by atoms with Crippen molar-refractivity contribution in [3.8, 4) is 0 Å². The Morgan fingerprint density at radius 3 is 1.47 bits per heavy atom. The normalized spacial score (nSPS) is 12.2. The summed E-state index contributed by atoms with van der Waals surface area (Å²) in [5.41, 5.74) is 2.22. The third-order valence-electron chi connectivity index (χ3n) is 2.29. The van der Waals surface area contributed by atoms with Crippen molar-refractivity contribution in [2.75, 3.05) is 0 Å². The molecule has 0 unspecified atom stereocenters. The molecule has 92 valence electrons. The molecule has 2 rings (SSSR count). The molecule has 1 nitrogen and oxygen atoms in total. The van der Waals surface area contributed by atoms with E-state index in [9.17, 15) is 3.80 Å². The Balaban J connectivity index is 2.09. The number of halogens is 1. The van der Waals surface area contributed by atoms with E-state index in [1.165, 1.54) is 0 Å². The first kappa shape index (κ1) is 12.6. The molecule has 0 atom stereocenters. The molecule has 0 heterocycles. The topological polar surface area (TPSA) is 23.8 Å². The van der Waals surface area contributed by atoms with Gasteiger partial charge in [-0.05, 0) is 0 Å². The van der Waals surface area contributed by atoms with Crippen LogP contribution < -0.4 is 0 Å². The van der Waals surface area contributed by atoms with Gasteiger partial charge in [-0.25, -0.2) is 0 Å². The zero-order valence-corrected chi connectivity index (χ0v) is 11.6. The van der Waals surface area contributed by atoms with Gasteiger partial charge in [0.15, 0.2) is 0 Å². The number of hydrogen-bond donors (Lipinski definition) is 0. The van der Waals surface area contributed by atoms with Gasteiger partial charge >= 0.3 is 109 Å². The fourth-order valence-corrected chi connectivity index (χ4v) is 5.57.